The van der Waals surface area contributed by atoms with E-state index in [-0.39, 0.29) is 23.4 Å². The smallest absolute Gasteiger partial charge is 0.264 e. The average molecular weight is 451 g/mol. The first-order valence-electron chi connectivity index (χ1n) is 10.8. The zero-order chi connectivity index (χ0) is 23.1. The van der Waals surface area contributed by atoms with E-state index in [4.69, 9.17) is 0 Å². The van der Waals surface area contributed by atoms with E-state index in [1.165, 1.54) is 4.31 Å². The van der Waals surface area contributed by atoms with E-state index in [0.29, 0.717) is 11.6 Å². The number of benzene rings is 3. The molecule has 3 aromatic rings. The van der Waals surface area contributed by atoms with Gasteiger partial charge in [0, 0.05) is 0 Å². The van der Waals surface area contributed by atoms with Crippen LogP contribution in [-0.4, -0.2) is 20.9 Å². The normalized spacial score (nSPS) is 12.4. The third-order valence-electron chi connectivity index (χ3n) is 5.18. The molecule has 0 aliphatic carbocycles. The van der Waals surface area contributed by atoms with Crippen molar-refractivity contribution in [3.63, 3.8) is 0 Å². The first-order valence-corrected chi connectivity index (χ1v) is 12.2. The van der Waals surface area contributed by atoms with Crippen molar-refractivity contribution in [1.29, 1.82) is 0 Å². The van der Waals surface area contributed by atoms with Crippen LogP contribution in [0.3, 0.4) is 0 Å². The Hall–Kier alpha value is -3.12. The van der Waals surface area contributed by atoms with E-state index in [1.54, 1.807) is 48.5 Å². The summed E-state index contributed by atoms with van der Waals surface area (Å²) in [6.07, 6.45) is 0.756. The lowest BCUT2D eigenvalue weighted by Crippen LogP contribution is -2.42. The topological polar surface area (TPSA) is 66.5 Å². The van der Waals surface area contributed by atoms with Gasteiger partial charge in [-0.05, 0) is 49.1 Å². The molecule has 0 bridgehead atoms. The molecule has 0 aromatic heterocycles. The number of hydrogen-bond donors (Lipinski definition) is 1. The molecule has 6 heteroatoms. The van der Waals surface area contributed by atoms with Gasteiger partial charge in [-0.1, -0.05) is 80.1 Å². The monoisotopic (exact) mass is 450 g/mol. The molecule has 0 heterocycles. The van der Waals surface area contributed by atoms with E-state index >= 15 is 0 Å². The van der Waals surface area contributed by atoms with E-state index in [0.717, 1.165) is 17.5 Å². The molecule has 0 fully saturated rings. The van der Waals surface area contributed by atoms with Gasteiger partial charge in [0.25, 0.3) is 10.0 Å². The first-order chi connectivity index (χ1) is 15.3. The van der Waals surface area contributed by atoms with Gasteiger partial charge in [0.1, 0.15) is 6.54 Å². The van der Waals surface area contributed by atoms with Crippen molar-refractivity contribution >= 4 is 21.6 Å². The van der Waals surface area contributed by atoms with Crippen LogP contribution in [0.25, 0.3) is 0 Å². The molecule has 1 amide bonds. The molecule has 1 N–H and O–H groups in total. The number of hydrogen-bond acceptors (Lipinski definition) is 3. The summed E-state index contributed by atoms with van der Waals surface area (Å²) in [5.41, 5.74) is 2.41. The number of amides is 1. The number of para-hydroxylation sites is 1. The van der Waals surface area contributed by atoms with Crippen LogP contribution in [0, 0.1) is 12.8 Å². The quantitative estimate of drug-likeness (QED) is 0.494. The Morgan fingerprint density at radius 2 is 1.44 bits per heavy atom. The zero-order valence-corrected chi connectivity index (χ0v) is 19.5. The van der Waals surface area contributed by atoms with E-state index < -0.39 is 10.0 Å². The number of anilines is 1. The lowest BCUT2D eigenvalue weighted by atomic mass is 9.97. The Morgan fingerprint density at radius 1 is 0.875 bits per heavy atom. The summed E-state index contributed by atoms with van der Waals surface area (Å²) in [5.74, 6) is 0.0149. The van der Waals surface area contributed by atoms with Crippen LogP contribution in [-0.2, 0) is 14.8 Å². The lowest BCUT2D eigenvalue weighted by Gasteiger charge is -2.26. The second kappa shape index (κ2) is 10.5. The molecule has 5 nitrogen and oxygen atoms in total. The highest BCUT2D eigenvalue weighted by molar-refractivity contribution is 7.92. The third kappa shape index (κ3) is 5.98. The number of rotatable bonds is 9. The molecular formula is C26H30N2O3S. The van der Waals surface area contributed by atoms with E-state index in [2.05, 4.69) is 19.2 Å². The molecule has 0 spiro atoms. The van der Waals surface area contributed by atoms with Gasteiger partial charge < -0.3 is 5.32 Å². The fourth-order valence-electron chi connectivity index (χ4n) is 3.55. The molecular weight excluding hydrogens is 420 g/mol. The van der Waals surface area contributed by atoms with Crippen LogP contribution in [0.1, 0.15) is 37.4 Å². The van der Waals surface area contributed by atoms with Crippen molar-refractivity contribution in [2.75, 3.05) is 10.8 Å². The molecule has 32 heavy (non-hydrogen) atoms. The van der Waals surface area contributed by atoms with E-state index in [9.17, 15) is 13.2 Å². The summed E-state index contributed by atoms with van der Waals surface area (Å²) in [6, 6.07) is 25.0. The molecule has 1 atom stereocenters. The van der Waals surface area contributed by atoms with E-state index in [1.807, 2.05) is 43.3 Å². The molecule has 3 rings (SSSR count). The summed E-state index contributed by atoms with van der Waals surface area (Å²) in [6.45, 7) is 5.79. The fourth-order valence-corrected chi connectivity index (χ4v) is 4.97. The van der Waals surface area contributed by atoms with Crippen molar-refractivity contribution in [3.8, 4) is 0 Å². The molecule has 168 valence electrons. The number of aryl methyl sites for hydroxylation is 1. The standard InChI is InChI=1S/C26H30N2O3S/c1-20(2)18-25(22-10-6-4-7-11-22)27-26(29)19-28(23-12-8-5-9-13-23)32(30,31)24-16-14-21(3)15-17-24/h4-17,20,25H,18-19H2,1-3H3,(H,27,29)/t25-/m1/s1. The second-order valence-corrected chi connectivity index (χ2v) is 10.2. The maximum Gasteiger partial charge on any atom is 0.264 e. The maximum atomic E-state index is 13.5. The molecule has 0 saturated heterocycles. The Morgan fingerprint density at radius 3 is 2.00 bits per heavy atom. The third-order valence-corrected chi connectivity index (χ3v) is 6.97. The minimum atomic E-state index is -3.92. The molecule has 0 saturated carbocycles. The Labute approximate surface area is 191 Å². The zero-order valence-electron chi connectivity index (χ0n) is 18.7. The van der Waals surface area contributed by atoms with Crippen LogP contribution < -0.4 is 9.62 Å². The highest BCUT2D eigenvalue weighted by Crippen LogP contribution is 2.25. The van der Waals surface area contributed by atoms with Crippen molar-refractivity contribution in [1.82, 2.24) is 5.32 Å². The van der Waals surface area contributed by atoms with Gasteiger partial charge in [0.15, 0.2) is 0 Å². The van der Waals surface area contributed by atoms with Gasteiger partial charge in [-0.3, -0.25) is 9.10 Å². The number of sulfonamides is 1. The maximum absolute atomic E-state index is 13.5. The molecule has 3 aromatic carbocycles. The fraction of sp³-hybridized carbons (Fsp3) is 0.269. The van der Waals surface area contributed by atoms with Crippen molar-refractivity contribution < 1.29 is 13.2 Å². The Bertz CT molecular complexity index is 1110. The van der Waals surface area contributed by atoms with Crippen molar-refractivity contribution in [3.05, 3.63) is 96.1 Å². The van der Waals surface area contributed by atoms with Gasteiger partial charge >= 0.3 is 0 Å². The highest BCUT2D eigenvalue weighted by atomic mass is 32.2. The largest absolute Gasteiger partial charge is 0.348 e. The summed E-state index contributed by atoms with van der Waals surface area (Å²) in [7, 11) is -3.92. The predicted molar refractivity (Wildman–Crippen MR) is 129 cm³/mol. The molecule has 0 aliphatic heterocycles. The minimum Gasteiger partial charge on any atom is -0.348 e. The van der Waals surface area contributed by atoms with Gasteiger partial charge in [-0.25, -0.2) is 8.42 Å². The Kier molecular flexibility index (Phi) is 7.70. The predicted octanol–water partition coefficient (Wildman–Crippen LogP) is 5.09. The van der Waals surface area contributed by atoms with Crippen molar-refractivity contribution in [2.24, 2.45) is 5.92 Å². The number of nitrogens with one attached hydrogen (secondary N) is 1. The van der Waals surface area contributed by atoms with Crippen molar-refractivity contribution in [2.45, 2.75) is 38.1 Å². The second-order valence-electron chi connectivity index (χ2n) is 8.32. The Balaban J connectivity index is 1.89. The van der Waals surface area contributed by atoms with Gasteiger partial charge in [0.2, 0.25) is 5.91 Å². The number of carbonyl (C=O) groups excluding carboxylic acids is 1. The highest BCUT2D eigenvalue weighted by Gasteiger charge is 2.28. The van der Waals surface area contributed by atoms with Crippen LogP contribution >= 0.6 is 0 Å². The lowest BCUT2D eigenvalue weighted by molar-refractivity contribution is -0.120. The molecule has 0 radical (unpaired) electrons. The number of nitrogens with zero attached hydrogens (tertiary/aromatic N) is 1. The average Bonchev–Trinajstić information content (AvgIpc) is 2.78. The molecule has 0 unspecified atom stereocenters. The van der Waals surface area contributed by atoms with Gasteiger partial charge in [0.05, 0.1) is 16.6 Å². The van der Waals surface area contributed by atoms with Crippen LogP contribution in [0.5, 0.6) is 0 Å². The van der Waals surface area contributed by atoms with Gasteiger partial charge in [-0.2, -0.15) is 0 Å². The summed E-state index contributed by atoms with van der Waals surface area (Å²) in [4.78, 5) is 13.3. The molecule has 0 aliphatic rings. The van der Waals surface area contributed by atoms with Crippen LogP contribution in [0.2, 0.25) is 0 Å². The summed E-state index contributed by atoms with van der Waals surface area (Å²) >= 11 is 0. The minimum absolute atomic E-state index is 0.154. The number of carbonyl (C=O) groups is 1. The van der Waals surface area contributed by atoms with Crippen LogP contribution in [0.15, 0.2) is 89.8 Å². The summed E-state index contributed by atoms with van der Waals surface area (Å²) < 4.78 is 28.1. The summed E-state index contributed by atoms with van der Waals surface area (Å²) in [5, 5.41) is 3.05. The van der Waals surface area contributed by atoms with Crippen LogP contribution in [0.4, 0.5) is 5.69 Å². The SMILES string of the molecule is Cc1ccc(S(=O)(=O)N(CC(=O)N[C@H](CC(C)C)c2ccccc2)c2ccccc2)cc1. The first kappa shape index (κ1) is 23.5. The van der Waals surface area contributed by atoms with Gasteiger partial charge in [-0.15, -0.1) is 0 Å².